The Kier molecular flexibility index (Phi) is 2.87. The van der Waals surface area contributed by atoms with Gasteiger partial charge in [-0.25, -0.2) is 4.98 Å². The maximum atomic E-state index is 11.6. The fourth-order valence-electron chi connectivity index (χ4n) is 2.31. The standard InChI is InChI=1S/C13H17N5O/c1-17-4-5-18(8-13(17)19)7-12-15-10-3-2-9(14)6-11(10)16-12/h2-3,6H,4-5,7-8,14H2,1H3,(H,15,16). The van der Waals surface area contributed by atoms with Crippen LogP contribution in [-0.4, -0.2) is 52.4 Å². The van der Waals surface area contributed by atoms with Gasteiger partial charge in [-0.3, -0.25) is 9.69 Å². The van der Waals surface area contributed by atoms with Crippen LogP contribution < -0.4 is 5.73 Å². The molecule has 1 aliphatic heterocycles. The van der Waals surface area contributed by atoms with Crippen molar-refractivity contribution in [2.24, 2.45) is 0 Å². The van der Waals surface area contributed by atoms with Gasteiger partial charge in [0, 0.05) is 25.8 Å². The summed E-state index contributed by atoms with van der Waals surface area (Å²) >= 11 is 0. The number of aromatic amines is 1. The van der Waals surface area contributed by atoms with Crippen LogP contribution in [0.1, 0.15) is 5.82 Å². The number of anilines is 1. The maximum absolute atomic E-state index is 11.6. The largest absolute Gasteiger partial charge is 0.399 e. The normalized spacial score (nSPS) is 17.3. The molecule has 1 aliphatic rings. The van der Waals surface area contributed by atoms with Gasteiger partial charge in [0.05, 0.1) is 24.1 Å². The number of likely N-dealkylation sites (N-methyl/N-ethyl adjacent to an activating group) is 1. The van der Waals surface area contributed by atoms with E-state index < -0.39 is 0 Å². The maximum Gasteiger partial charge on any atom is 0.236 e. The summed E-state index contributed by atoms with van der Waals surface area (Å²) < 4.78 is 0. The second-order valence-corrected chi connectivity index (χ2v) is 4.99. The molecule has 6 nitrogen and oxygen atoms in total. The van der Waals surface area contributed by atoms with Crippen molar-refractivity contribution >= 4 is 22.6 Å². The number of H-pyrrole nitrogens is 1. The van der Waals surface area contributed by atoms with E-state index in [9.17, 15) is 4.79 Å². The highest BCUT2D eigenvalue weighted by atomic mass is 16.2. The molecule has 0 bridgehead atoms. The third kappa shape index (κ3) is 2.39. The molecule has 0 saturated carbocycles. The summed E-state index contributed by atoms with van der Waals surface area (Å²) in [5.74, 6) is 1.03. The number of carbonyl (C=O) groups is 1. The molecule has 3 rings (SSSR count). The number of nitrogens with zero attached hydrogens (tertiary/aromatic N) is 3. The molecule has 0 aliphatic carbocycles. The quantitative estimate of drug-likeness (QED) is 0.766. The average Bonchev–Trinajstić information content (AvgIpc) is 2.75. The number of hydrogen-bond acceptors (Lipinski definition) is 4. The van der Waals surface area contributed by atoms with E-state index in [0.29, 0.717) is 13.1 Å². The van der Waals surface area contributed by atoms with Crippen LogP contribution in [0, 0.1) is 0 Å². The summed E-state index contributed by atoms with van der Waals surface area (Å²) in [6, 6.07) is 5.62. The summed E-state index contributed by atoms with van der Waals surface area (Å²) in [5.41, 5.74) is 8.31. The lowest BCUT2D eigenvalue weighted by Crippen LogP contribution is -2.48. The highest BCUT2D eigenvalue weighted by Gasteiger charge is 2.21. The minimum absolute atomic E-state index is 0.159. The highest BCUT2D eigenvalue weighted by molar-refractivity contribution is 5.79. The average molecular weight is 259 g/mol. The second-order valence-electron chi connectivity index (χ2n) is 4.99. The Bertz CT molecular complexity index is 621. The van der Waals surface area contributed by atoms with E-state index in [4.69, 9.17) is 5.73 Å². The summed E-state index contributed by atoms with van der Waals surface area (Å²) in [4.78, 5) is 23.3. The molecule has 6 heteroatoms. The monoisotopic (exact) mass is 259 g/mol. The van der Waals surface area contributed by atoms with E-state index in [1.54, 1.807) is 4.90 Å². The zero-order valence-electron chi connectivity index (χ0n) is 10.9. The van der Waals surface area contributed by atoms with E-state index in [1.165, 1.54) is 0 Å². The van der Waals surface area contributed by atoms with E-state index in [2.05, 4.69) is 14.9 Å². The highest BCUT2D eigenvalue weighted by Crippen LogP contribution is 2.16. The minimum Gasteiger partial charge on any atom is -0.399 e. The third-order valence-corrected chi connectivity index (χ3v) is 3.46. The fourth-order valence-corrected chi connectivity index (χ4v) is 2.31. The number of piperazine rings is 1. The number of imidazole rings is 1. The Morgan fingerprint density at radius 1 is 1.42 bits per heavy atom. The number of carbonyl (C=O) groups excluding carboxylic acids is 1. The molecule has 100 valence electrons. The van der Waals surface area contributed by atoms with E-state index >= 15 is 0 Å². The van der Waals surface area contributed by atoms with Crippen LogP contribution in [0.25, 0.3) is 11.0 Å². The number of nitrogens with one attached hydrogen (secondary N) is 1. The van der Waals surface area contributed by atoms with Gasteiger partial charge in [0.15, 0.2) is 0 Å². The fraction of sp³-hybridized carbons (Fsp3) is 0.385. The van der Waals surface area contributed by atoms with Crippen molar-refractivity contribution in [3.05, 3.63) is 24.0 Å². The molecular formula is C13H17N5O. The third-order valence-electron chi connectivity index (χ3n) is 3.46. The van der Waals surface area contributed by atoms with Crippen molar-refractivity contribution in [1.29, 1.82) is 0 Å². The number of benzene rings is 1. The SMILES string of the molecule is CN1CCN(Cc2nc3ccc(N)cc3[nH]2)CC1=O. The van der Waals surface area contributed by atoms with Crippen LogP contribution in [0.4, 0.5) is 5.69 Å². The minimum atomic E-state index is 0.159. The van der Waals surface area contributed by atoms with E-state index in [-0.39, 0.29) is 5.91 Å². The van der Waals surface area contributed by atoms with E-state index in [1.807, 2.05) is 25.2 Å². The molecular weight excluding hydrogens is 242 g/mol. The molecule has 0 radical (unpaired) electrons. The Labute approximate surface area is 111 Å². The Hall–Kier alpha value is -2.08. The first-order valence-corrected chi connectivity index (χ1v) is 6.32. The van der Waals surface area contributed by atoms with Gasteiger partial charge < -0.3 is 15.6 Å². The van der Waals surface area contributed by atoms with Crippen LogP contribution in [-0.2, 0) is 11.3 Å². The molecule has 1 fully saturated rings. The lowest BCUT2D eigenvalue weighted by Gasteiger charge is -2.31. The lowest BCUT2D eigenvalue weighted by atomic mass is 10.3. The first-order chi connectivity index (χ1) is 9.11. The Morgan fingerprint density at radius 3 is 3.05 bits per heavy atom. The van der Waals surface area contributed by atoms with Crippen molar-refractivity contribution in [1.82, 2.24) is 19.8 Å². The molecule has 2 heterocycles. The first-order valence-electron chi connectivity index (χ1n) is 6.32. The van der Waals surface area contributed by atoms with Crippen LogP contribution in [0.2, 0.25) is 0 Å². The van der Waals surface area contributed by atoms with Gasteiger partial charge in [0.25, 0.3) is 0 Å². The zero-order valence-corrected chi connectivity index (χ0v) is 10.9. The van der Waals surface area contributed by atoms with Gasteiger partial charge in [-0.15, -0.1) is 0 Å². The van der Waals surface area contributed by atoms with Gasteiger partial charge in [-0.05, 0) is 18.2 Å². The van der Waals surface area contributed by atoms with Crippen molar-refractivity contribution in [3.63, 3.8) is 0 Å². The van der Waals surface area contributed by atoms with Gasteiger partial charge >= 0.3 is 0 Å². The van der Waals surface area contributed by atoms with Crippen molar-refractivity contribution in [2.75, 3.05) is 32.4 Å². The van der Waals surface area contributed by atoms with Crippen LogP contribution in [0.5, 0.6) is 0 Å². The Balaban J connectivity index is 1.76. The summed E-state index contributed by atoms with van der Waals surface area (Å²) in [6.07, 6.45) is 0. The lowest BCUT2D eigenvalue weighted by molar-refractivity contribution is -0.134. The van der Waals surface area contributed by atoms with E-state index in [0.717, 1.165) is 35.6 Å². The van der Waals surface area contributed by atoms with Gasteiger partial charge in [0.1, 0.15) is 5.82 Å². The summed E-state index contributed by atoms with van der Waals surface area (Å²) in [7, 11) is 1.84. The molecule has 3 N–H and O–H groups in total. The molecule has 0 unspecified atom stereocenters. The molecule has 1 amide bonds. The van der Waals surface area contributed by atoms with Gasteiger partial charge in [0.2, 0.25) is 5.91 Å². The predicted molar refractivity (Wildman–Crippen MR) is 73.4 cm³/mol. The Morgan fingerprint density at radius 2 is 2.26 bits per heavy atom. The number of hydrogen-bond donors (Lipinski definition) is 2. The molecule has 0 spiro atoms. The van der Waals surface area contributed by atoms with Crippen LogP contribution in [0.3, 0.4) is 0 Å². The molecule has 0 atom stereocenters. The topological polar surface area (TPSA) is 78.2 Å². The number of rotatable bonds is 2. The molecule has 1 aromatic heterocycles. The number of fused-ring (bicyclic) bond motifs is 1. The second kappa shape index (κ2) is 4.55. The summed E-state index contributed by atoms with van der Waals surface area (Å²) in [5, 5.41) is 0. The van der Waals surface area contributed by atoms with Crippen LogP contribution in [0.15, 0.2) is 18.2 Å². The molecule has 1 aromatic carbocycles. The van der Waals surface area contributed by atoms with Crippen molar-refractivity contribution in [2.45, 2.75) is 6.54 Å². The smallest absolute Gasteiger partial charge is 0.236 e. The van der Waals surface area contributed by atoms with Gasteiger partial charge in [-0.2, -0.15) is 0 Å². The van der Waals surface area contributed by atoms with Crippen molar-refractivity contribution in [3.8, 4) is 0 Å². The molecule has 1 saturated heterocycles. The zero-order chi connectivity index (χ0) is 13.4. The van der Waals surface area contributed by atoms with Crippen molar-refractivity contribution < 1.29 is 4.79 Å². The van der Waals surface area contributed by atoms with Crippen LogP contribution >= 0.6 is 0 Å². The number of nitrogens with two attached hydrogens (primary N) is 1. The molecule has 19 heavy (non-hydrogen) atoms. The predicted octanol–water partition coefficient (Wildman–Crippen LogP) is 0.419. The number of aromatic nitrogens is 2. The summed E-state index contributed by atoms with van der Waals surface area (Å²) in [6.45, 7) is 2.76. The number of amides is 1. The first kappa shape index (κ1) is 12.0. The number of nitrogen functional groups attached to an aromatic ring is 1. The van der Waals surface area contributed by atoms with Gasteiger partial charge in [-0.1, -0.05) is 0 Å². The molecule has 2 aromatic rings.